The van der Waals surface area contributed by atoms with Crippen LogP contribution in [0, 0.1) is 5.82 Å². The number of amides is 2. The average Bonchev–Trinajstić information content (AvgIpc) is 3.29. The normalized spacial score (nSPS) is 16.2. The van der Waals surface area contributed by atoms with E-state index in [1.165, 1.54) is 12.1 Å². The molecule has 0 saturated carbocycles. The minimum Gasteiger partial charge on any atom is -0.494 e. The number of nitrogens with one attached hydrogen (secondary N) is 1. The van der Waals surface area contributed by atoms with E-state index >= 15 is 0 Å². The van der Waals surface area contributed by atoms with E-state index in [1.54, 1.807) is 17.0 Å². The maximum absolute atomic E-state index is 14.0. The predicted octanol–water partition coefficient (Wildman–Crippen LogP) is 5.57. The van der Waals surface area contributed by atoms with Gasteiger partial charge in [-0.15, -0.1) is 0 Å². The predicted molar refractivity (Wildman–Crippen MR) is 123 cm³/mol. The van der Waals surface area contributed by atoms with Crippen LogP contribution in [0.5, 0.6) is 5.75 Å². The lowest BCUT2D eigenvalue weighted by Gasteiger charge is -2.35. The zero-order valence-corrected chi connectivity index (χ0v) is 19.0. The van der Waals surface area contributed by atoms with Crippen LogP contribution < -0.4 is 10.1 Å². The first-order valence-electron chi connectivity index (χ1n) is 11.1. The third kappa shape index (κ3) is 4.74. The molecule has 3 aromatic rings. The summed E-state index contributed by atoms with van der Waals surface area (Å²) < 4.78 is 25.1. The second-order valence-corrected chi connectivity index (χ2v) is 7.82. The number of benzene rings is 2. The van der Waals surface area contributed by atoms with Gasteiger partial charge in [0.1, 0.15) is 11.6 Å². The van der Waals surface area contributed by atoms with Gasteiger partial charge < -0.3 is 14.6 Å². The van der Waals surface area contributed by atoms with E-state index in [2.05, 4.69) is 22.4 Å². The molecule has 1 aliphatic rings. The third-order valence-electron chi connectivity index (χ3n) is 5.59. The summed E-state index contributed by atoms with van der Waals surface area (Å²) in [5.74, 6) is 1.08. The van der Waals surface area contributed by atoms with E-state index in [9.17, 15) is 9.18 Å². The van der Waals surface area contributed by atoms with Crippen molar-refractivity contribution in [3.8, 4) is 17.1 Å². The molecule has 1 atom stereocenters. The summed E-state index contributed by atoms with van der Waals surface area (Å²) in [6, 6.07) is 12.7. The van der Waals surface area contributed by atoms with Crippen LogP contribution in [0.1, 0.15) is 51.1 Å². The summed E-state index contributed by atoms with van der Waals surface area (Å²) in [6.07, 6.45) is 1.80. The Morgan fingerprint density at radius 3 is 2.67 bits per heavy atom. The quantitative estimate of drug-likeness (QED) is 0.485. The fourth-order valence-corrected chi connectivity index (χ4v) is 3.90. The number of unbranched alkanes of at least 4 members (excludes halogenated alkanes) is 1. The Bertz CT molecular complexity index is 1160. The number of nitrogens with zero attached hydrogens (tertiary/aromatic N) is 3. The molecular weight excluding hydrogens is 423 g/mol. The van der Waals surface area contributed by atoms with E-state index < -0.39 is 6.04 Å². The lowest BCUT2D eigenvalue weighted by molar-refractivity contribution is 0.204. The first kappa shape index (κ1) is 22.5. The number of hydrogen-bond acceptors (Lipinski definition) is 5. The summed E-state index contributed by atoms with van der Waals surface area (Å²) in [6.45, 7) is 7.00. The van der Waals surface area contributed by atoms with Gasteiger partial charge in [0.05, 0.1) is 18.2 Å². The molecule has 2 aromatic carbocycles. The summed E-state index contributed by atoms with van der Waals surface area (Å²) in [7, 11) is 0. The van der Waals surface area contributed by atoms with Crippen molar-refractivity contribution in [2.45, 2.75) is 39.7 Å². The first-order chi connectivity index (χ1) is 16.0. The highest BCUT2D eigenvalue weighted by molar-refractivity contribution is 5.86. The largest absolute Gasteiger partial charge is 0.494 e. The second kappa shape index (κ2) is 9.85. The molecule has 1 aliphatic heterocycles. The van der Waals surface area contributed by atoms with Crippen molar-refractivity contribution in [1.29, 1.82) is 0 Å². The fourth-order valence-electron chi connectivity index (χ4n) is 3.90. The smallest absolute Gasteiger partial charge is 0.322 e. The molecule has 8 heteroatoms. The number of aromatic nitrogens is 2. The number of urea groups is 1. The zero-order chi connectivity index (χ0) is 23.4. The molecule has 1 aromatic heterocycles. The minimum atomic E-state index is -0.611. The van der Waals surface area contributed by atoms with Crippen molar-refractivity contribution in [3.05, 3.63) is 71.5 Å². The standard InChI is InChI=1S/C25H27FN4O3/c1-4-6-14-30-16(3)21(22(27-25(30)31)18-8-7-9-19(26)15-18)24-28-23(29-33-24)17-10-12-20(13-11-17)32-5-2/h7-13,15,22H,4-6,14H2,1-3H3,(H,27,31). The SMILES string of the molecule is CCCCN1C(=O)NC(c2cccc(F)c2)C(c2nc(-c3ccc(OCC)cc3)no2)=C1C. The number of ether oxygens (including phenoxy) is 1. The van der Waals surface area contributed by atoms with Crippen molar-refractivity contribution >= 4 is 11.6 Å². The highest BCUT2D eigenvalue weighted by Gasteiger charge is 2.35. The molecule has 0 bridgehead atoms. The van der Waals surface area contributed by atoms with Gasteiger partial charge in [0.2, 0.25) is 5.82 Å². The van der Waals surface area contributed by atoms with Crippen LogP contribution in [-0.4, -0.2) is 34.2 Å². The van der Waals surface area contributed by atoms with Gasteiger partial charge in [0.25, 0.3) is 5.89 Å². The molecule has 0 aliphatic carbocycles. The maximum atomic E-state index is 14.0. The van der Waals surface area contributed by atoms with Crippen LogP contribution in [0.15, 0.2) is 58.8 Å². The molecule has 2 amide bonds. The lowest BCUT2D eigenvalue weighted by atomic mass is 9.94. The first-order valence-corrected chi connectivity index (χ1v) is 11.1. The van der Waals surface area contributed by atoms with Crippen LogP contribution in [0.2, 0.25) is 0 Å². The molecule has 0 saturated heterocycles. The van der Waals surface area contributed by atoms with Gasteiger partial charge in [-0.3, -0.25) is 4.90 Å². The molecule has 1 unspecified atom stereocenters. The minimum absolute atomic E-state index is 0.231. The molecule has 0 radical (unpaired) electrons. The summed E-state index contributed by atoms with van der Waals surface area (Å²) in [5.41, 5.74) is 2.75. The van der Waals surface area contributed by atoms with Crippen molar-refractivity contribution in [1.82, 2.24) is 20.4 Å². The summed E-state index contributed by atoms with van der Waals surface area (Å²) >= 11 is 0. The van der Waals surface area contributed by atoms with Gasteiger partial charge in [-0.05, 0) is 62.2 Å². The number of rotatable bonds is 8. The lowest BCUT2D eigenvalue weighted by Crippen LogP contribution is -2.46. The van der Waals surface area contributed by atoms with Gasteiger partial charge >= 0.3 is 6.03 Å². The average molecular weight is 451 g/mol. The van der Waals surface area contributed by atoms with Crippen LogP contribution in [-0.2, 0) is 0 Å². The Morgan fingerprint density at radius 1 is 1.18 bits per heavy atom. The van der Waals surface area contributed by atoms with Gasteiger partial charge in [-0.25, -0.2) is 9.18 Å². The highest BCUT2D eigenvalue weighted by Crippen LogP contribution is 2.37. The summed E-state index contributed by atoms with van der Waals surface area (Å²) in [5, 5.41) is 7.14. The fraction of sp³-hybridized carbons (Fsp3) is 0.320. The number of carbonyl (C=O) groups is 1. The molecule has 0 fully saturated rings. The summed E-state index contributed by atoms with van der Waals surface area (Å²) in [4.78, 5) is 19.2. The van der Waals surface area contributed by atoms with Crippen molar-refractivity contribution in [2.24, 2.45) is 0 Å². The molecular formula is C25H27FN4O3. The Morgan fingerprint density at radius 2 is 1.97 bits per heavy atom. The Balaban J connectivity index is 1.75. The maximum Gasteiger partial charge on any atom is 0.322 e. The molecule has 1 N–H and O–H groups in total. The van der Waals surface area contributed by atoms with Crippen molar-refractivity contribution in [2.75, 3.05) is 13.2 Å². The number of allylic oxidation sites excluding steroid dienone is 1. The monoisotopic (exact) mass is 450 g/mol. The van der Waals surface area contributed by atoms with Crippen molar-refractivity contribution < 1.29 is 18.4 Å². The Labute approximate surface area is 192 Å². The number of carbonyl (C=O) groups excluding carboxylic acids is 1. The molecule has 0 spiro atoms. The van der Waals surface area contributed by atoms with Gasteiger partial charge in [-0.1, -0.05) is 30.6 Å². The second-order valence-electron chi connectivity index (χ2n) is 7.82. The van der Waals surface area contributed by atoms with Crippen LogP contribution in [0.25, 0.3) is 17.0 Å². The van der Waals surface area contributed by atoms with Crippen LogP contribution in [0.4, 0.5) is 9.18 Å². The van der Waals surface area contributed by atoms with E-state index in [0.717, 1.165) is 24.2 Å². The van der Waals surface area contributed by atoms with Crippen LogP contribution in [0.3, 0.4) is 0 Å². The van der Waals surface area contributed by atoms with Gasteiger partial charge in [0, 0.05) is 17.8 Å². The van der Waals surface area contributed by atoms with E-state index in [-0.39, 0.29) is 17.7 Å². The zero-order valence-electron chi connectivity index (χ0n) is 19.0. The molecule has 2 heterocycles. The molecule has 7 nitrogen and oxygen atoms in total. The topological polar surface area (TPSA) is 80.5 Å². The van der Waals surface area contributed by atoms with Gasteiger partial charge in [0.15, 0.2) is 0 Å². The molecule has 4 rings (SSSR count). The van der Waals surface area contributed by atoms with Gasteiger partial charge in [-0.2, -0.15) is 4.98 Å². The van der Waals surface area contributed by atoms with Crippen LogP contribution >= 0.6 is 0 Å². The Hall–Kier alpha value is -3.68. The highest BCUT2D eigenvalue weighted by atomic mass is 19.1. The van der Waals surface area contributed by atoms with E-state index in [1.807, 2.05) is 38.1 Å². The molecule has 172 valence electrons. The number of hydrogen-bond donors (Lipinski definition) is 1. The third-order valence-corrected chi connectivity index (χ3v) is 5.59. The van der Waals surface area contributed by atoms with E-state index in [4.69, 9.17) is 9.26 Å². The van der Waals surface area contributed by atoms with E-state index in [0.29, 0.717) is 35.8 Å². The Kier molecular flexibility index (Phi) is 6.72. The van der Waals surface area contributed by atoms with Crippen molar-refractivity contribution in [3.63, 3.8) is 0 Å². The number of halogens is 1. The molecule has 33 heavy (non-hydrogen) atoms.